The Kier molecular flexibility index (Phi) is 3.25. The summed E-state index contributed by atoms with van der Waals surface area (Å²) in [6.07, 6.45) is 0. The highest BCUT2D eigenvalue weighted by molar-refractivity contribution is 8.13. The van der Waals surface area contributed by atoms with Crippen LogP contribution in [0.5, 0.6) is 11.5 Å². The second kappa shape index (κ2) is 5.28. The molecule has 1 aliphatic heterocycles. The molecule has 0 atom stereocenters. The van der Waals surface area contributed by atoms with Crippen molar-refractivity contribution < 1.29 is 9.05 Å². The van der Waals surface area contributed by atoms with Gasteiger partial charge in [-0.3, -0.25) is 0 Å². The highest BCUT2D eigenvalue weighted by Gasteiger charge is 2.30. The molecule has 0 bridgehead atoms. The van der Waals surface area contributed by atoms with Crippen molar-refractivity contribution in [1.82, 2.24) is 0 Å². The lowest BCUT2D eigenvalue weighted by Gasteiger charge is -2.22. The number of hydrogen-bond donors (Lipinski definition) is 0. The van der Waals surface area contributed by atoms with Crippen LogP contribution >= 0.6 is 6.49 Å². The molecule has 3 aromatic rings. The molecule has 0 amide bonds. The Balaban J connectivity index is 1.96. The van der Waals surface area contributed by atoms with E-state index in [0.29, 0.717) is 0 Å². The number of benzene rings is 3. The van der Waals surface area contributed by atoms with Gasteiger partial charge in [-0.2, -0.15) is 0 Å². The minimum absolute atomic E-state index is 0.777. The van der Waals surface area contributed by atoms with Crippen molar-refractivity contribution in [1.29, 1.82) is 0 Å². The largest absolute Gasteiger partial charge is 0.432 e. The second-order valence-corrected chi connectivity index (χ2v) is 8.33. The van der Waals surface area contributed by atoms with Gasteiger partial charge < -0.3 is 9.05 Å². The van der Waals surface area contributed by atoms with E-state index < -0.39 is 6.49 Å². The van der Waals surface area contributed by atoms with Crippen LogP contribution in [0.25, 0.3) is 11.1 Å². The molecule has 108 valence electrons. The predicted molar refractivity (Wildman–Crippen MR) is 93.5 cm³/mol. The lowest BCUT2D eigenvalue weighted by molar-refractivity contribution is 0.508. The number of fused-ring (bicyclic) bond motifs is 3. The Morgan fingerprint density at radius 1 is 0.591 bits per heavy atom. The summed E-state index contributed by atoms with van der Waals surface area (Å²) in [5.41, 5.74) is 2.03. The third-order valence-electron chi connectivity index (χ3n) is 3.57. The van der Waals surface area contributed by atoms with E-state index in [-0.39, 0.29) is 0 Å². The van der Waals surface area contributed by atoms with Crippen LogP contribution in [-0.2, 0) is 11.8 Å². The molecule has 22 heavy (non-hydrogen) atoms. The van der Waals surface area contributed by atoms with Crippen LogP contribution < -0.4 is 14.4 Å². The quantitative estimate of drug-likeness (QED) is 0.601. The monoisotopic (exact) mass is 324 g/mol. The molecule has 4 heteroatoms. The molecular weight excluding hydrogens is 311 g/mol. The van der Waals surface area contributed by atoms with Crippen LogP contribution in [0.2, 0.25) is 0 Å². The molecule has 0 unspecified atom stereocenters. The van der Waals surface area contributed by atoms with Crippen molar-refractivity contribution >= 4 is 23.6 Å². The first-order valence-electron chi connectivity index (χ1n) is 6.99. The summed E-state index contributed by atoms with van der Waals surface area (Å²) in [5.74, 6) is 1.55. The standard InChI is InChI=1S/C18H13O2PS/c22-21(14-8-2-1-3-9-14)19-17-12-6-4-10-15(17)16-11-5-7-13-18(16)20-21/h1-13H. The Labute approximate surface area is 134 Å². The van der Waals surface area contributed by atoms with E-state index in [4.69, 9.17) is 20.9 Å². The molecule has 0 saturated carbocycles. The van der Waals surface area contributed by atoms with E-state index in [2.05, 4.69) is 0 Å². The zero-order chi connectivity index (χ0) is 15.0. The number of para-hydroxylation sites is 2. The van der Waals surface area contributed by atoms with Gasteiger partial charge in [0.15, 0.2) is 0 Å². The van der Waals surface area contributed by atoms with E-state index in [1.807, 2.05) is 78.9 Å². The zero-order valence-electron chi connectivity index (χ0n) is 11.7. The van der Waals surface area contributed by atoms with Gasteiger partial charge in [0.05, 0.1) is 5.30 Å². The molecule has 0 fully saturated rings. The molecule has 1 aliphatic rings. The van der Waals surface area contributed by atoms with E-state index in [0.717, 1.165) is 27.9 Å². The maximum absolute atomic E-state index is 6.22. The highest BCUT2D eigenvalue weighted by Crippen LogP contribution is 2.55. The SMILES string of the molecule is S=P1(c2ccccc2)Oc2ccccc2-c2ccccc2O1. The molecule has 1 heterocycles. The molecule has 0 aliphatic carbocycles. The van der Waals surface area contributed by atoms with Crippen LogP contribution in [0.1, 0.15) is 0 Å². The topological polar surface area (TPSA) is 18.5 Å². The minimum atomic E-state index is -2.64. The average molecular weight is 324 g/mol. The van der Waals surface area contributed by atoms with Gasteiger partial charge in [0.2, 0.25) is 0 Å². The summed E-state index contributed by atoms with van der Waals surface area (Å²) in [4.78, 5) is 0. The van der Waals surface area contributed by atoms with Crippen molar-refractivity contribution in [3.8, 4) is 22.6 Å². The van der Waals surface area contributed by atoms with Crippen LogP contribution in [0, 0.1) is 0 Å². The second-order valence-electron chi connectivity index (χ2n) is 5.01. The molecule has 0 N–H and O–H groups in total. The smallest absolute Gasteiger partial charge is 0.319 e. The normalized spacial score (nSPS) is 14.7. The molecule has 0 spiro atoms. The lowest BCUT2D eigenvalue weighted by atomic mass is 10.0. The van der Waals surface area contributed by atoms with Gasteiger partial charge in [-0.1, -0.05) is 54.6 Å². The summed E-state index contributed by atoms with van der Waals surface area (Å²) in [6.45, 7) is -2.64. The summed E-state index contributed by atoms with van der Waals surface area (Å²) in [5, 5.41) is 0.913. The maximum Gasteiger partial charge on any atom is 0.319 e. The Hall–Kier alpha value is -2.09. The van der Waals surface area contributed by atoms with Gasteiger partial charge >= 0.3 is 6.49 Å². The molecule has 2 nitrogen and oxygen atoms in total. The average Bonchev–Trinajstić information content (AvgIpc) is 2.70. The van der Waals surface area contributed by atoms with Crippen molar-refractivity contribution in [2.24, 2.45) is 0 Å². The molecule has 4 rings (SSSR count). The number of hydrogen-bond acceptors (Lipinski definition) is 3. The van der Waals surface area contributed by atoms with Crippen LogP contribution in [-0.4, -0.2) is 0 Å². The third kappa shape index (κ3) is 2.23. The fourth-order valence-electron chi connectivity index (χ4n) is 2.53. The maximum atomic E-state index is 6.22. The van der Waals surface area contributed by atoms with Crippen molar-refractivity contribution in [2.75, 3.05) is 0 Å². The molecule has 0 saturated heterocycles. The van der Waals surface area contributed by atoms with Crippen LogP contribution in [0.4, 0.5) is 0 Å². The first-order chi connectivity index (χ1) is 10.8. The van der Waals surface area contributed by atoms with Gasteiger partial charge in [-0.25, -0.2) is 0 Å². The Morgan fingerprint density at radius 3 is 1.59 bits per heavy atom. The van der Waals surface area contributed by atoms with E-state index in [1.165, 1.54) is 0 Å². The number of rotatable bonds is 1. The first kappa shape index (κ1) is 13.6. The molecular formula is C18H13O2PS. The van der Waals surface area contributed by atoms with Crippen LogP contribution in [0.3, 0.4) is 0 Å². The van der Waals surface area contributed by atoms with Gasteiger partial charge in [0.25, 0.3) is 0 Å². The highest BCUT2D eigenvalue weighted by atomic mass is 32.5. The summed E-state index contributed by atoms with van der Waals surface area (Å²) >= 11 is 5.83. The minimum Gasteiger partial charge on any atom is -0.432 e. The molecule has 0 aromatic heterocycles. The van der Waals surface area contributed by atoms with Gasteiger partial charge in [0.1, 0.15) is 11.5 Å². The van der Waals surface area contributed by atoms with Gasteiger partial charge in [-0.05, 0) is 36.1 Å². The predicted octanol–water partition coefficient (Wildman–Crippen LogP) is 4.76. The van der Waals surface area contributed by atoms with Crippen molar-refractivity contribution in [3.05, 3.63) is 78.9 Å². The summed E-state index contributed by atoms with van der Waals surface area (Å²) in [6, 6.07) is 25.7. The molecule has 0 radical (unpaired) electrons. The van der Waals surface area contributed by atoms with Crippen molar-refractivity contribution in [2.45, 2.75) is 0 Å². The van der Waals surface area contributed by atoms with Gasteiger partial charge in [-0.15, -0.1) is 0 Å². The lowest BCUT2D eigenvalue weighted by Crippen LogP contribution is -2.13. The molecule has 3 aromatic carbocycles. The third-order valence-corrected chi connectivity index (χ3v) is 6.46. The fraction of sp³-hybridized carbons (Fsp3) is 0. The van der Waals surface area contributed by atoms with Gasteiger partial charge in [0, 0.05) is 11.1 Å². The van der Waals surface area contributed by atoms with E-state index in [1.54, 1.807) is 0 Å². The Morgan fingerprint density at radius 2 is 1.05 bits per heavy atom. The summed E-state index contributed by atoms with van der Waals surface area (Å²) < 4.78 is 12.4. The van der Waals surface area contributed by atoms with Crippen molar-refractivity contribution in [3.63, 3.8) is 0 Å². The Bertz CT molecular complexity index is 826. The zero-order valence-corrected chi connectivity index (χ0v) is 13.4. The summed E-state index contributed by atoms with van der Waals surface area (Å²) in [7, 11) is 0. The first-order valence-corrected chi connectivity index (χ1v) is 9.63. The van der Waals surface area contributed by atoms with E-state index in [9.17, 15) is 0 Å². The fourth-order valence-corrected chi connectivity index (χ4v) is 5.00. The van der Waals surface area contributed by atoms with E-state index >= 15 is 0 Å². The van der Waals surface area contributed by atoms with Crippen LogP contribution in [0.15, 0.2) is 78.9 Å².